The maximum atomic E-state index is 3.40. The van der Waals surface area contributed by atoms with Gasteiger partial charge in [0.25, 0.3) is 0 Å². The maximum absolute atomic E-state index is 3.40. The van der Waals surface area contributed by atoms with Crippen molar-refractivity contribution >= 4 is 15.9 Å². The highest BCUT2D eigenvalue weighted by Crippen LogP contribution is 2.10. The van der Waals surface area contributed by atoms with Crippen molar-refractivity contribution in [3.8, 4) is 0 Å². The van der Waals surface area contributed by atoms with Crippen LogP contribution in [0.2, 0.25) is 0 Å². The van der Waals surface area contributed by atoms with Crippen LogP contribution in [0.5, 0.6) is 0 Å². The second-order valence-corrected chi connectivity index (χ2v) is 3.87. The molecule has 1 atom stereocenters. The molecule has 0 fully saturated rings. The summed E-state index contributed by atoms with van der Waals surface area (Å²) < 4.78 is 0. The summed E-state index contributed by atoms with van der Waals surface area (Å²) in [5.41, 5.74) is 0. The molecule has 0 aliphatic carbocycles. The molecule has 0 rings (SSSR count). The van der Waals surface area contributed by atoms with Crippen molar-refractivity contribution < 1.29 is 0 Å². The molecule has 66 valence electrons. The molecule has 0 saturated carbocycles. The first-order chi connectivity index (χ1) is 5.31. The van der Waals surface area contributed by atoms with E-state index in [1.54, 1.807) is 0 Å². The Morgan fingerprint density at radius 2 is 2.09 bits per heavy atom. The molecule has 0 saturated heterocycles. The lowest BCUT2D eigenvalue weighted by Crippen LogP contribution is -1.90. The molecule has 0 spiro atoms. The van der Waals surface area contributed by atoms with Crippen LogP contribution in [-0.4, -0.2) is 5.33 Å². The maximum Gasteiger partial charge on any atom is 0.00659 e. The SMILES string of the molecule is CCCC(C)CC=CCCBr. The van der Waals surface area contributed by atoms with Gasteiger partial charge in [0.05, 0.1) is 0 Å². The van der Waals surface area contributed by atoms with Crippen molar-refractivity contribution in [1.82, 2.24) is 0 Å². The zero-order valence-corrected chi connectivity index (χ0v) is 9.23. The summed E-state index contributed by atoms with van der Waals surface area (Å²) in [6.07, 6.45) is 9.66. The fourth-order valence-corrected chi connectivity index (χ4v) is 1.38. The van der Waals surface area contributed by atoms with Crippen LogP contribution in [0.25, 0.3) is 0 Å². The van der Waals surface area contributed by atoms with Crippen LogP contribution < -0.4 is 0 Å². The van der Waals surface area contributed by atoms with Crippen LogP contribution in [-0.2, 0) is 0 Å². The zero-order chi connectivity index (χ0) is 8.53. The van der Waals surface area contributed by atoms with E-state index < -0.39 is 0 Å². The molecule has 0 nitrogen and oxygen atoms in total. The minimum absolute atomic E-state index is 0.867. The number of allylic oxidation sites excluding steroid dienone is 2. The third-order valence-electron chi connectivity index (χ3n) is 1.76. The quantitative estimate of drug-likeness (QED) is 0.465. The molecule has 1 heteroatoms. The fraction of sp³-hybridized carbons (Fsp3) is 0.800. The van der Waals surface area contributed by atoms with Gasteiger partial charge in [-0.25, -0.2) is 0 Å². The Labute approximate surface area is 79.2 Å². The Bertz CT molecular complexity index is 97.0. The molecule has 0 aliphatic rings. The van der Waals surface area contributed by atoms with Gasteiger partial charge in [0.15, 0.2) is 0 Å². The molecule has 0 aromatic heterocycles. The molecule has 1 unspecified atom stereocenters. The zero-order valence-electron chi connectivity index (χ0n) is 7.65. The van der Waals surface area contributed by atoms with E-state index in [0.29, 0.717) is 0 Å². The minimum Gasteiger partial charge on any atom is -0.0925 e. The van der Waals surface area contributed by atoms with E-state index in [-0.39, 0.29) is 0 Å². The molecule has 0 aromatic carbocycles. The number of halogens is 1. The molecular weight excluding hydrogens is 200 g/mol. The molecule has 0 amide bonds. The van der Waals surface area contributed by atoms with Crippen LogP contribution >= 0.6 is 15.9 Å². The first-order valence-electron chi connectivity index (χ1n) is 4.52. The summed E-state index contributed by atoms with van der Waals surface area (Å²) in [6, 6.07) is 0. The van der Waals surface area contributed by atoms with Crippen molar-refractivity contribution in [2.75, 3.05) is 5.33 Å². The Morgan fingerprint density at radius 1 is 1.36 bits per heavy atom. The van der Waals surface area contributed by atoms with E-state index >= 15 is 0 Å². The van der Waals surface area contributed by atoms with Crippen molar-refractivity contribution in [2.24, 2.45) is 5.92 Å². The number of hydrogen-bond donors (Lipinski definition) is 0. The third-order valence-corrected chi connectivity index (χ3v) is 2.22. The van der Waals surface area contributed by atoms with Crippen LogP contribution in [0.3, 0.4) is 0 Å². The van der Waals surface area contributed by atoms with Crippen molar-refractivity contribution in [3.05, 3.63) is 12.2 Å². The first kappa shape index (κ1) is 11.2. The summed E-state index contributed by atoms with van der Waals surface area (Å²) >= 11 is 3.40. The van der Waals surface area contributed by atoms with Gasteiger partial charge in [-0.05, 0) is 18.8 Å². The molecule has 11 heavy (non-hydrogen) atoms. The monoisotopic (exact) mass is 218 g/mol. The van der Waals surface area contributed by atoms with E-state index in [1.807, 2.05) is 0 Å². The van der Waals surface area contributed by atoms with E-state index in [9.17, 15) is 0 Å². The topological polar surface area (TPSA) is 0 Å². The summed E-state index contributed by atoms with van der Waals surface area (Å²) in [7, 11) is 0. The van der Waals surface area contributed by atoms with E-state index in [0.717, 1.165) is 11.2 Å². The lowest BCUT2D eigenvalue weighted by Gasteiger charge is -2.04. The fourth-order valence-electron chi connectivity index (χ4n) is 1.12. The lowest BCUT2D eigenvalue weighted by atomic mass is 10.0. The van der Waals surface area contributed by atoms with Gasteiger partial charge in [-0.1, -0.05) is 54.8 Å². The van der Waals surface area contributed by atoms with Crippen molar-refractivity contribution in [3.63, 3.8) is 0 Å². The molecule has 0 aromatic rings. The van der Waals surface area contributed by atoms with Gasteiger partial charge in [0, 0.05) is 5.33 Å². The van der Waals surface area contributed by atoms with E-state index in [4.69, 9.17) is 0 Å². The average molecular weight is 219 g/mol. The lowest BCUT2D eigenvalue weighted by molar-refractivity contribution is 0.531. The normalized spacial score (nSPS) is 14.1. The standard InChI is InChI=1S/C10H19Br/c1-3-7-10(2)8-5-4-6-9-11/h4-5,10H,3,6-9H2,1-2H3. The van der Waals surface area contributed by atoms with Crippen LogP contribution in [0.15, 0.2) is 12.2 Å². The Kier molecular flexibility index (Phi) is 8.48. The molecule has 0 bridgehead atoms. The second kappa shape index (κ2) is 8.32. The highest BCUT2D eigenvalue weighted by atomic mass is 79.9. The second-order valence-electron chi connectivity index (χ2n) is 3.08. The summed E-state index contributed by atoms with van der Waals surface area (Å²) in [4.78, 5) is 0. The molecular formula is C10H19Br. The van der Waals surface area contributed by atoms with E-state index in [1.165, 1.54) is 25.7 Å². The Morgan fingerprint density at radius 3 is 2.64 bits per heavy atom. The Balaban J connectivity index is 3.21. The van der Waals surface area contributed by atoms with E-state index in [2.05, 4.69) is 41.9 Å². The predicted molar refractivity (Wildman–Crippen MR) is 56.2 cm³/mol. The number of alkyl halides is 1. The largest absolute Gasteiger partial charge is 0.0925 e. The highest BCUT2D eigenvalue weighted by Gasteiger charge is 1.95. The summed E-state index contributed by atoms with van der Waals surface area (Å²) in [5, 5.41) is 1.09. The van der Waals surface area contributed by atoms with Gasteiger partial charge >= 0.3 is 0 Å². The first-order valence-corrected chi connectivity index (χ1v) is 5.64. The van der Waals surface area contributed by atoms with Crippen molar-refractivity contribution in [2.45, 2.75) is 39.5 Å². The van der Waals surface area contributed by atoms with Crippen molar-refractivity contribution in [1.29, 1.82) is 0 Å². The average Bonchev–Trinajstić information content (AvgIpc) is 1.99. The predicted octanol–water partition coefficient (Wildman–Crippen LogP) is 4.15. The molecule has 0 heterocycles. The highest BCUT2D eigenvalue weighted by molar-refractivity contribution is 9.09. The van der Waals surface area contributed by atoms with Gasteiger partial charge in [-0.15, -0.1) is 0 Å². The minimum atomic E-state index is 0.867. The third kappa shape index (κ3) is 8.12. The summed E-state index contributed by atoms with van der Waals surface area (Å²) in [5.74, 6) is 0.867. The number of hydrogen-bond acceptors (Lipinski definition) is 0. The van der Waals surface area contributed by atoms with Gasteiger partial charge in [-0.3, -0.25) is 0 Å². The van der Waals surface area contributed by atoms with Gasteiger partial charge in [0.2, 0.25) is 0 Å². The van der Waals surface area contributed by atoms with Gasteiger partial charge < -0.3 is 0 Å². The smallest absolute Gasteiger partial charge is 0.00659 e. The van der Waals surface area contributed by atoms with Gasteiger partial charge in [0.1, 0.15) is 0 Å². The molecule has 0 aliphatic heterocycles. The van der Waals surface area contributed by atoms with Gasteiger partial charge in [-0.2, -0.15) is 0 Å². The number of rotatable bonds is 6. The summed E-state index contributed by atoms with van der Waals surface area (Å²) in [6.45, 7) is 4.57. The molecule has 0 N–H and O–H groups in total. The van der Waals surface area contributed by atoms with Crippen LogP contribution in [0, 0.1) is 5.92 Å². The Hall–Kier alpha value is 0.220. The molecule has 0 radical (unpaired) electrons. The van der Waals surface area contributed by atoms with Crippen LogP contribution in [0.4, 0.5) is 0 Å². The van der Waals surface area contributed by atoms with Crippen LogP contribution in [0.1, 0.15) is 39.5 Å².